The first-order valence-electron chi connectivity index (χ1n) is 7.23. The summed E-state index contributed by atoms with van der Waals surface area (Å²) in [7, 11) is -1.47. The van der Waals surface area contributed by atoms with Gasteiger partial charge in [0.15, 0.2) is 0 Å². The van der Waals surface area contributed by atoms with Crippen LogP contribution >= 0.6 is 0 Å². The van der Waals surface area contributed by atoms with Crippen LogP contribution in [0.15, 0.2) is 18.2 Å². The maximum Gasteiger partial charge on any atom is 0.492 e. The molecular formula is C15H23BO3. The minimum Gasteiger partial charge on any atom is -0.491 e. The normalized spacial score (nSPS) is 23.2. The molecule has 0 amide bonds. The Kier molecular flexibility index (Phi) is 4.89. The van der Waals surface area contributed by atoms with Gasteiger partial charge >= 0.3 is 7.12 Å². The van der Waals surface area contributed by atoms with Crippen LogP contribution in [0.3, 0.4) is 0 Å². The Morgan fingerprint density at radius 3 is 2.47 bits per heavy atom. The van der Waals surface area contributed by atoms with Crippen molar-refractivity contribution in [3.63, 3.8) is 0 Å². The van der Waals surface area contributed by atoms with Crippen molar-refractivity contribution in [2.45, 2.75) is 52.1 Å². The van der Waals surface area contributed by atoms with Crippen molar-refractivity contribution in [3.8, 4) is 5.75 Å². The Morgan fingerprint density at radius 1 is 1.21 bits per heavy atom. The molecule has 4 heteroatoms. The third-order valence-corrected chi connectivity index (χ3v) is 4.11. The van der Waals surface area contributed by atoms with Gasteiger partial charge in [-0.1, -0.05) is 31.0 Å². The molecule has 1 saturated carbocycles. The molecule has 2 N–H and O–H groups in total. The quantitative estimate of drug-likeness (QED) is 0.816. The van der Waals surface area contributed by atoms with Gasteiger partial charge in [0.25, 0.3) is 0 Å². The van der Waals surface area contributed by atoms with Crippen molar-refractivity contribution in [2.24, 2.45) is 5.92 Å². The molecule has 104 valence electrons. The number of benzene rings is 1. The van der Waals surface area contributed by atoms with Crippen molar-refractivity contribution in [1.82, 2.24) is 0 Å². The molecule has 0 spiro atoms. The van der Waals surface area contributed by atoms with Gasteiger partial charge in [0, 0.05) is 5.46 Å². The summed E-state index contributed by atoms with van der Waals surface area (Å²) in [6.07, 6.45) is 6.01. The second kappa shape index (κ2) is 6.44. The molecule has 1 aliphatic carbocycles. The van der Waals surface area contributed by atoms with Crippen molar-refractivity contribution in [1.29, 1.82) is 0 Å². The molecule has 0 unspecified atom stereocenters. The van der Waals surface area contributed by atoms with Crippen LogP contribution in [0.2, 0.25) is 0 Å². The number of ether oxygens (including phenoxy) is 1. The fraction of sp³-hybridized carbons (Fsp3) is 0.600. The third kappa shape index (κ3) is 3.74. The number of hydrogen-bond donors (Lipinski definition) is 2. The fourth-order valence-corrected chi connectivity index (χ4v) is 2.81. The van der Waals surface area contributed by atoms with Gasteiger partial charge in [-0.25, -0.2) is 0 Å². The summed E-state index contributed by atoms with van der Waals surface area (Å²) in [6, 6.07) is 5.56. The van der Waals surface area contributed by atoms with E-state index in [1.807, 2.05) is 19.1 Å². The van der Waals surface area contributed by atoms with E-state index in [1.54, 1.807) is 6.07 Å². The highest BCUT2D eigenvalue weighted by Crippen LogP contribution is 2.29. The summed E-state index contributed by atoms with van der Waals surface area (Å²) in [5, 5.41) is 18.8. The first kappa shape index (κ1) is 14.4. The van der Waals surface area contributed by atoms with Crippen LogP contribution in [-0.2, 0) is 0 Å². The molecule has 0 saturated heterocycles. The van der Waals surface area contributed by atoms with Crippen LogP contribution in [0.1, 0.15) is 44.6 Å². The van der Waals surface area contributed by atoms with E-state index in [0.717, 1.165) is 24.3 Å². The zero-order valence-electron chi connectivity index (χ0n) is 11.8. The molecular weight excluding hydrogens is 239 g/mol. The van der Waals surface area contributed by atoms with E-state index < -0.39 is 7.12 Å². The first-order chi connectivity index (χ1) is 9.10. The maximum absolute atomic E-state index is 9.41. The van der Waals surface area contributed by atoms with E-state index >= 15 is 0 Å². The lowest BCUT2D eigenvalue weighted by atomic mass is 9.78. The highest BCUT2D eigenvalue weighted by atomic mass is 16.5. The molecule has 2 rings (SSSR count). The molecule has 19 heavy (non-hydrogen) atoms. The SMILES string of the molecule is CCC1CCC(Oc2ccc(C)cc2B(O)O)CC1. The standard InChI is InChI=1S/C15H23BO3/c1-3-12-5-7-13(8-6-12)19-15-9-4-11(2)10-14(15)16(17)18/h4,9-10,12-13,17-18H,3,5-8H2,1-2H3. The molecule has 1 aliphatic rings. The highest BCUT2D eigenvalue weighted by molar-refractivity contribution is 6.59. The van der Waals surface area contributed by atoms with Crippen LogP contribution in [-0.4, -0.2) is 23.3 Å². The minimum absolute atomic E-state index is 0.211. The molecule has 1 fully saturated rings. The largest absolute Gasteiger partial charge is 0.492 e. The van der Waals surface area contributed by atoms with Gasteiger partial charge in [-0.15, -0.1) is 0 Å². The zero-order chi connectivity index (χ0) is 13.8. The monoisotopic (exact) mass is 262 g/mol. The van der Waals surface area contributed by atoms with Gasteiger partial charge in [-0.2, -0.15) is 0 Å². The van der Waals surface area contributed by atoms with Crippen LogP contribution in [0, 0.1) is 12.8 Å². The molecule has 0 atom stereocenters. The number of rotatable bonds is 4. The van der Waals surface area contributed by atoms with Gasteiger partial charge < -0.3 is 14.8 Å². The van der Waals surface area contributed by atoms with E-state index in [4.69, 9.17) is 4.74 Å². The molecule has 0 aromatic heterocycles. The Morgan fingerprint density at radius 2 is 1.89 bits per heavy atom. The van der Waals surface area contributed by atoms with Gasteiger partial charge in [0.2, 0.25) is 0 Å². The zero-order valence-corrected chi connectivity index (χ0v) is 11.8. The molecule has 3 nitrogen and oxygen atoms in total. The Balaban J connectivity index is 2.03. The predicted molar refractivity (Wildman–Crippen MR) is 77.7 cm³/mol. The lowest BCUT2D eigenvalue weighted by molar-refractivity contribution is 0.130. The molecule has 0 aliphatic heterocycles. The van der Waals surface area contributed by atoms with E-state index in [2.05, 4.69) is 6.92 Å². The molecule has 1 aromatic carbocycles. The summed E-state index contributed by atoms with van der Waals surface area (Å²) in [5.74, 6) is 1.45. The molecule has 0 heterocycles. The summed E-state index contributed by atoms with van der Waals surface area (Å²) in [5.41, 5.74) is 1.47. The van der Waals surface area contributed by atoms with Crippen LogP contribution in [0.25, 0.3) is 0 Å². The van der Waals surface area contributed by atoms with Crippen LogP contribution in [0.4, 0.5) is 0 Å². The van der Waals surface area contributed by atoms with Crippen molar-refractivity contribution >= 4 is 12.6 Å². The summed E-state index contributed by atoms with van der Waals surface area (Å²) < 4.78 is 5.98. The maximum atomic E-state index is 9.41. The average molecular weight is 262 g/mol. The number of aryl methyl sites for hydroxylation is 1. The second-order valence-electron chi connectivity index (χ2n) is 5.58. The minimum atomic E-state index is -1.47. The van der Waals surface area contributed by atoms with Gasteiger partial charge in [0.05, 0.1) is 6.10 Å². The number of hydrogen-bond acceptors (Lipinski definition) is 3. The van der Waals surface area contributed by atoms with E-state index in [-0.39, 0.29) is 6.10 Å². The molecule has 1 aromatic rings. The van der Waals surface area contributed by atoms with Gasteiger partial charge in [0.1, 0.15) is 5.75 Å². The van der Waals surface area contributed by atoms with Crippen molar-refractivity contribution in [2.75, 3.05) is 0 Å². The van der Waals surface area contributed by atoms with E-state index in [9.17, 15) is 10.0 Å². The smallest absolute Gasteiger partial charge is 0.491 e. The highest BCUT2D eigenvalue weighted by Gasteiger charge is 2.24. The van der Waals surface area contributed by atoms with E-state index in [1.165, 1.54) is 19.3 Å². The Hall–Kier alpha value is -0.995. The third-order valence-electron chi connectivity index (χ3n) is 4.11. The summed E-state index contributed by atoms with van der Waals surface area (Å²) in [6.45, 7) is 4.17. The molecule has 0 bridgehead atoms. The second-order valence-corrected chi connectivity index (χ2v) is 5.58. The van der Waals surface area contributed by atoms with Crippen molar-refractivity contribution < 1.29 is 14.8 Å². The van der Waals surface area contributed by atoms with Crippen molar-refractivity contribution in [3.05, 3.63) is 23.8 Å². The Bertz CT molecular complexity index is 412. The summed E-state index contributed by atoms with van der Waals surface area (Å²) in [4.78, 5) is 0. The van der Waals surface area contributed by atoms with Crippen LogP contribution in [0.5, 0.6) is 5.75 Å². The lowest BCUT2D eigenvalue weighted by Gasteiger charge is -2.29. The fourth-order valence-electron chi connectivity index (χ4n) is 2.81. The predicted octanol–water partition coefficient (Wildman–Crippen LogP) is 2.02. The average Bonchev–Trinajstić information content (AvgIpc) is 2.41. The van der Waals surface area contributed by atoms with E-state index in [0.29, 0.717) is 11.2 Å². The Labute approximate surface area is 115 Å². The van der Waals surface area contributed by atoms with Crippen LogP contribution < -0.4 is 10.2 Å². The van der Waals surface area contributed by atoms with Gasteiger partial charge in [-0.05, 0) is 44.6 Å². The molecule has 0 radical (unpaired) electrons. The van der Waals surface area contributed by atoms with Gasteiger partial charge in [-0.3, -0.25) is 0 Å². The lowest BCUT2D eigenvalue weighted by Crippen LogP contribution is -2.34. The topological polar surface area (TPSA) is 49.7 Å². The summed E-state index contributed by atoms with van der Waals surface area (Å²) >= 11 is 0. The first-order valence-corrected chi connectivity index (χ1v) is 7.23.